The van der Waals surface area contributed by atoms with Gasteiger partial charge in [0.25, 0.3) is 0 Å². The number of hydrogen-bond acceptors (Lipinski definition) is 4. The molecule has 2 aromatic rings. The van der Waals surface area contributed by atoms with Crippen molar-refractivity contribution in [2.24, 2.45) is 5.92 Å². The van der Waals surface area contributed by atoms with Gasteiger partial charge < -0.3 is 10.6 Å². The Morgan fingerprint density at radius 1 is 1.43 bits per heavy atom. The molecule has 1 atom stereocenters. The summed E-state index contributed by atoms with van der Waals surface area (Å²) in [5, 5.41) is 10.7. The third kappa shape index (κ3) is 3.76. The van der Waals surface area contributed by atoms with E-state index in [1.807, 2.05) is 36.7 Å². The summed E-state index contributed by atoms with van der Waals surface area (Å²) in [4.78, 5) is 16.6. The standard InChI is InChI=1S/C17H23N5O/c1-12-8-13(2)22(21-12)16-6-5-14(9-19-16)10-20-17(23)15-4-3-7-18-11-15/h5-6,8-9,15,18H,3-4,7,10-11H2,1-2H3,(H,20,23). The van der Waals surface area contributed by atoms with Gasteiger partial charge in [0.15, 0.2) is 5.82 Å². The summed E-state index contributed by atoms with van der Waals surface area (Å²) in [6, 6.07) is 5.94. The number of aryl methyl sites for hydroxylation is 2. The largest absolute Gasteiger partial charge is 0.352 e. The Bertz CT molecular complexity index is 671. The van der Waals surface area contributed by atoms with E-state index in [0.717, 1.165) is 48.7 Å². The minimum atomic E-state index is 0.0886. The molecule has 1 unspecified atom stereocenters. The number of rotatable bonds is 4. The molecule has 0 bridgehead atoms. The molecule has 0 radical (unpaired) electrons. The topological polar surface area (TPSA) is 71.8 Å². The van der Waals surface area contributed by atoms with Crippen LogP contribution in [0.4, 0.5) is 0 Å². The van der Waals surface area contributed by atoms with Crippen LogP contribution < -0.4 is 10.6 Å². The van der Waals surface area contributed by atoms with Crippen molar-refractivity contribution in [3.05, 3.63) is 41.3 Å². The second-order valence-electron chi connectivity index (χ2n) is 6.12. The van der Waals surface area contributed by atoms with Crippen molar-refractivity contribution >= 4 is 5.91 Å². The van der Waals surface area contributed by atoms with Crippen LogP contribution in [0.1, 0.15) is 29.8 Å². The lowest BCUT2D eigenvalue weighted by Gasteiger charge is -2.21. The fraction of sp³-hybridized carbons (Fsp3) is 0.471. The molecule has 1 aliphatic heterocycles. The quantitative estimate of drug-likeness (QED) is 0.897. The number of hydrogen-bond donors (Lipinski definition) is 2. The predicted octanol–water partition coefficient (Wildman–Crippen LogP) is 1.50. The van der Waals surface area contributed by atoms with Crippen molar-refractivity contribution in [1.29, 1.82) is 0 Å². The lowest BCUT2D eigenvalue weighted by atomic mass is 9.99. The summed E-state index contributed by atoms with van der Waals surface area (Å²) >= 11 is 0. The molecular formula is C17H23N5O. The van der Waals surface area contributed by atoms with E-state index in [4.69, 9.17) is 0 Å². The van der Waals surface area contributed by atoms with E-state index in [0.29, 0.717) is 6.54 Å². The molecule has 0 aromatic carbocycles. The van der Waals surface area contributed by atoms with Crippen LogP contribution >= 0.6 is 0 Å². The van der Waals surface area contributed by atoms with Crippen molar-refractivity contribution in [1.82, 2.24) is 25.4 Å². The first-order valence-corrected chi connectivity index (χ1v) is 8.10. The van der Waals surface area contributed by atoms with Gasteiger partial charge in [0.1, 0.15) is 0 Å². The van der Waals surface area contributed by atoms with E-state index in [2.05, 4.69) is 20.7 Å². The van der Waals surface area contributed by atoms with Gasteiger partial charge in [0, 0.05) is 25.0 Å². The molecule has 1 saturated heterocycles. The maximum Gasteiger partial charge on any atom is 0.224 e. The maximum atomic E-state index is 12.1. The van der Waals surface area contributed by atoms with Crippen molar-refractivity contribution in [3.63, 3.8) is 0 Å². The van der Waals surface area contributed by atoms with Crippen LogP contribution in [0.2, 0.25) is 0 Å². The third-order valence-electron chi connectivity index (χ3n) is 4.17. The van der Waals surface area contributed by atoms with Gasteiger partial charge in [0.05, 0.1) is 11.6 Å². The highest BCUT2D eigenvalue weighted by atomic mass is 16.1. The fourth-order valence-electron chi connectivity index (χ4n) is 2.92. The van der Waals surface area contributed by atoms with Gasteiger partial charge in [-0.3, -0.25) is 4.79 Å². The average Bonchev–Trinajstić information content (AvgIpc) is 2.92. The van der Waals surface area contributed by atoms with Crippen molar-refractivity contribution in [2.75, 3.05) is 13.1 Å². The summed E-state index contributed by atoms with van der Waals surface area (Å²) in [6.45, 7) is 6.28. The van der Waals surface area contributed by atoms with Gasteiger partial charge in [-0.25, -0.2) is 9.67 Å². The number of carbonyl (C=O) groups excluding carboxylic acids is 1. The van der Waals surface area contributed by atoms with Crippen LogP contribution in [0.15, 0.2) is 24.4 Å². The van der Waals surface area contributed by atoms with E-state index in [9.17, 15) is 4.79 Å². The van der Waals surface area contributed by atoms with Crippen LogP contribution in [0.5, 0.6) is 0 Å². The number of amides is 1. The number of pyridine rings is 1. The lowest BCUT2D eigenvalue weighted by molar-refractivity contribution is -0.125. The summed E-state index contributed by atoms with van der Waals surface area (Å²) in [5.74, 6) is 1.01. The molecular weight excluding hydrogens is 290 g/mol. The zero-order valence-electron chi connectivity index (χ0n) is 13.7. The molecule has 1 amide bonds. The van der Waals surface area contributed by atoms with E-state index in [1.54, 1.807) is 6.20 Å². The van der Waals surface area contributed by atoms with Gasteiger partial charge in [-0.05, 0) is 50.9 Å². The molecule has 1 fully saturated rings. The van der Waals surface area contributed by atoms with E-state index >= 15 is 0 Å². The second-order valence-corrected chi connectivity index (χ2v) is 6.12. The highest BCUT2D eigenvalue weighted by Gasteiger charge is 2.20. The Morgan fingerprint density at radius 3 is 2.91 bits per heavy atom. The Balaban J connectivity index is 1.59. The van der Waals surface area contributed by atoms with Crippen molar-refractivity contribution in [3.8, 4) is 5.82 Å². The molecule has 0 saturated carbocycles. The number of nitrogens with one attached hydrogen (secondary N) is 2. The minimum absolute atomic E-state index is 0.0886. The van der Waals surface area contributed by atoms with Crippen molar-refractivity contribution < 1.29 is 4.79 Å². The molecule has 2 aromatic heterocycles. The number of piperidine rings is 1. The molecule has 23 heavy (non-hydrogen) atoms. The Kier molecular flexibility index (Phi) is 4.71. The molecule has 1 aliphatic rings. The van der Waals surface area contributed by atoms with Gasteiger partial charge in [-0.2, -0.15) is 5.10 Å². The van der Waals surface area contributed by atoms with Crippen molar-refractivity contribution in [2.45, 2.75) is 33.2 Å². The number of aromatic nitrogens is 3. The first-order valence-electron chi connectivity index (χ1n) is 8.10. The van der Waals surface area contributed by atoms with E-state index < -0.39 is 0 Å². The van der Waals surface area contributed by atoms with E-state index in [1.165, 1.54) is 0 Å². The molecule has 122 valence electrons. The summed E-state index contributed by atoms with van der Waals surface area (Å²) in [5.41, 5.74) is 3.02. The Morgan fingerprint density at radius 2 is 2.30 bits per heavy atom. The Labute approximate surface area is 136 Å². The zero-order valence-corrected chi connectivity index (χ0v) is 13.7. The van der Waals surface area contributed by atoms with Crippen LogP contribution in [0, 0.1) is 19.8 Å². The van der Waals surface area contributed by atoms with Crippen LogP contribution in [0.3, 0.4) is 0 Å². The molecule has 6 nitrogen and oxygen atoms in total. The highest BCUT2D eigenvalue weighted by molar-refractivity contribution is 5.78. The monoisotopic (exact) mass is 313 g/mol. The first kappa shape index (κ1) is 15.7. The smallest absolute Gasteiger partial charge is 0.224 e. The van der Waals surface area contributed by atoms with Gasteiger partial charge in [0.2, 0.25) is 5.91 Å². The molecule has 6 heteroatoms. The first-order chi connectivity index (χ1) is 11.1. The number of nitrogens with zero attached hydrogens (tertiary/aromatic N) is 3. The fourth-order valence-corrected chi connectivity index (χ4v) is 2.92. The molecule has 0 aliphatic carbocycles. The highest BCUT2D eigenvalue weighted by Crippen LogP contribution is 2.12. The SMILES string of the molecule is Cc1cc(C)n(-c2ccc(CNC(=O)C3CCCNC3)cn2)n1. The lowest BCUT2D eigenvalue weighted by Crippen LogP contribution is -2.40. The van der Waals surface area contributed by atoms with Crippen LogP contribution in [-0.4, -0.2) is 33.8 Å². The average molecular weight is 313 g/mol. The van der Waals surface area contributed by atoms with Gasteiger partial charge in [-0.15, -0.1) is 0 Å². The van der Waals surface area contributed by atoms with Crippen LogP contribution in [-0.2, 0) is 11.3 Å². The van der Waals surface area contributed by atoms with Gasteiger partial charge in [-0.1, -0.05) is 6.07 Å². The summed E-state index contributed by atoms with van der Waals surface area (Å²) < 4.78 is 1.82. The summed E-state index contributed by atoms with van der Waals surface area (Å²) in [6.07, 6.45) is 3.83. The molecule has 3 heterocycles. The minimum Gasteiger partial charge on any atom is -0.352 e. The van der Waals surface area contributed by atoms with Crippen LogP contribution in [0.25, 0.3) is 5.82 Å². The molecule has 3 rings (SSSR count). The third-order valence-corrected chi connectivity index (χ3v) is 4.17. The van der Waals surface area contributed by atoms with Gasteiger partial charge >= 0.3 is 0 Å². The normalized spacial score (nSPS) is 17.9. The second kappa shape index (κ2) is 6.91. The zero-order chi connectivity index (χ0) is 16.2. The van der Waals surface area contributed by atoms with E-state index in [-0.39, 0.29) is 11.8 Å². The number of carbonyl (C=O) groups is 1. The molecule has 2 N–H and O–H groups in total. The Hall–Kier alpha value is -2.21. The maximum absolute atomic E-state index is 12.1. The predicted molar refractivity (Wildman–Crippen MR) is 88.3 cm³/mol. The summed E-state index contributed by atoms with van der Waals surface area (Å²) in [7, 11) is 0. The molecule has 0 spiro atoms.